The number of hydrogen-bond acceptors (Lipinski definition) is 4. The number of nitrogens with one attached hydrogen (secondary N) is 1. The average Bonchev–Trinajstić information content (AvgIpc) is 2.80. The first kappa shape index (κ1) is 14.3. The van der Waals surface area contributed by atoms with Gasteiger partial charge in [0.05, 0.1) is 6.10 Å². The Kier molecular flexibility index (Phi) is 5.42. The van der Waals surface area contributed by atoms with Gasteiger partial charge < -0.3 is 20.2 Å². The lowest BCUT2D eigenvalue weighted by Crippen LogP contribution is -2.49. The Morgan fingerprint density at radius 2 is 2.00 bits per heavy atom. The van der Waals surface area contributed by atoms with Gasteiger partial charge in [0.1, 0.15) is 0 Å². The van der Waals surface area contributed by atoms with E-state index in [9.17, 15) is 5.11 Å². The molecule has 4 nitrogen and oxygen atoms in total. The van der Waals surface area contributed by atoms with Crippen LogP contribution in [0.3, 0.4) is 0 Å². The highest BCUT2D eigenvalue weighted by molar-refractivity contribution is 4.82. The van der Waals surface area contributed by atoms with Crippen LogP contribution in [0.4, 0.5) is 0 Å². The molecule has 2 aliphatic rings. The first-order valence-corrected chi connectivity index (χ1v) is 7.47. The fraction of sp³-hybridized carbons (Fsp3) is 1.00. The van der Waals surface area contributed by atoms with E-state index in [2.05, 4.69) is 29.1 Å². The molecule has 2 saturated heterocycles. The van der Waals surface area contributed by atoms with E-state index in [1.54, 1.807) is 0 Å². The van der Waals surface area contributed by atoms with Crippen molar-refractivity contribution in [3.63, 3.8) is 0 Å². The quantitative estimate of drug-likeness (QED) is 0.745. The lowest BCUT2D eigenvalue weighted by Gasteiger charge is -2.36. The molecule has 106 valence electrons. The fourth-order valence-electron chi connectivity index (χ4n) is 3.27. The number of aliphatic hydroxyl groups is 1. The molecule has 0 aromatic rings. The first-order valence-electron chi connectivity index (χ1n) is 7.47. The van der Waals surface area contributed by atoms with Crippen molar-refractivity contribution in [3.8, 4) is 0 Å². The molecule has 2 fully saturated rings. The minimum Gasteiger partial charge on any atom is -0.390 e. The van der Waals surface area contributed by atoms with Gasteiger partial charge in [-0.2, -0.15) is 0 Å². The van der Waals surface area contributed by atoms with Gasteiger partial charge in [-0.3, -0.25) is 0 Å². The second kappa shape index (κ2) is 6.85. The van der Waals surface area contributed by atoms with E-state index in [0.29, 0.717) is 12.0 Å². The van der Waals surface area contributed by atoms with E-state index in [0.717, 1.165) is 13.1 Å². The molecule has 2 aliphatic heterocycles. The monoisotopic (exact) mass is 255 g/mol. The van der Waals surface area contributed by atoms with E-state index in [-0.39, 0.29) is 6.10 Å². The predicted molar refractivity (Wildman–Crippen MR) is 74.7 cm³/mol. The zero-order valence-corrected chi connectivity index (χ0v) is 11.9. The molecular weight excluding hydrogens is 226 g/mol. The maximum absolute atomic E-state index is 10.1. The molecule has 0 aromatic carbocycles. The summed E-state index contributed by atoms with van der Waals surface area (Å²) in [7, 11) is 2.19. The van der Waals surface area contributed by atoms with Crippen LogP contribution in [0.5, 0.6) is 0 Å². The molecule has 4 heteroatoms. The maximum Gasteiger partial charge on any atom is 0.0791 e. The van der Waals surface area contributed by atoms with Gasteiger partial charge in [-0.15, -0.1) is 0 Å². The average molecular weight is 255 g/mol. The molecule has 3 atom stereocenters. The smallest absolute Gasteiger partial charge is 0.0791 e. The molecule has 3 unspecified atom stereocenters. The van der Waals surface area contributed by atoms with Crippen molar-refractivity contribution >= 4 is 0 Å². The topological polar surface area (TPSA) is 38.7 Å². The second-order valence-corrected chi connectivity index (χ2v) is 6.20. The van der Waals surface area contributed by atoms with Crippen molar-refractivity contribution in [1.82, 2.24) is 15.1 Å². The summed E-state index contributed by atoms with van der Waals surface area (Å²) in [6.45, 7) is 8.57. The summed E-state index contributed by atoms with van der Waals surface area (Å²) in [6.07, 6.45) is 3.58. The largest absolute Gasteiger partial charge is 0.390 e. The van der Waals surface area contributed by atoms with Crippen LogP contribution >= 0.6 is 0 Å². The van der Waals surface area contributed by atoms with Crippen molar-refractivity contribution in [2.75, 3.05) is 46.3 Å². The minimum atomic E-state index is -0.213. The number of aliphatic hydroxyl groups excluding tert-OH is 1. The number of β-amino-alcohol motifs (C(OH)–C–C–N with tert-alkyl or cyclic N) is 1. The molecule has 0 saturated carbocycles. The van der Waals surface area contributed by atoms with Crippen molar-refractivity contribution in [3.05, 3.63) is 0 Å². The van der Waals surface area contributed by atoms with Gasteiger partial charge in [0.15, 0.2) is 0 Å². The van der Waals surface area contributed by atoms with E-state index in [1.165, 1.54) is 45.4 Å². The first-order chi connectivity index (χ1) is 8.65. The third-order valence-corrected chi connectivity index (χ3v) is 4.39. The Labute approximate surface area is 111 Å². The number of rotatable bonds is 5. The highest BCUT2D eigenvalue weighted by Gasteiger charge is 2.24. The lowest BCUT2D eigenvalue weighted by atomic mass is 9.94. The standard InChI is InChI=1S/C14H29N3O/c1-12-10-16(2)8-5-14(12)15-9-13(18)11-17-6-3-4-7-17/h12-15,18H,3-11H2,1-2H3. The number of piperidine rings is 1. The molecule has 2 N–H and O–H groups in total. The summed E-state index contributed by atoms with van der Waals surface area (Å²) < 4.78 is 0. The Morgan fingerprint density at radius 1 is 1.28 bits per heavy atom. The Balaban J connectivity index is 1.64. The molecule has 0 amide bonds. The van der Waals surface area contributed by atoms with Crippen LogP contribution in [0.25, 0.3) is 0 Å². The van der Waals surface area contributed by atoms with E-state index in [1.807, 2.05) is 0 Å². The summed E-state index contributed by atoms with van der Waals surface area (Å²) in [6, 6.07) is 0.578. The van der Waals surface area contributed by atoms with E-state index < -0.39 is 0 Å². The van der Waals surface area contributed by atoms with Crippen LogP contribution in [-0.4, -0.2) is 73.4 Å². The maximum atomic E-state index is 10.1. The molecule has 0 aromatic heterocycles. The van der Waals surface area contributed by atoms with Crippen molar-refractivity contribution < 1.29 is 5.11 Å². The van der Waals surface area contributed by atoms with Crippen molar-refractivity contribution in [2.24, 2.45) is 5.92 Å². The summed E-state index contributed by atoms with van der Waals surface area (Å²) >= 11 is 0. The van der Waals surface area contributed by atoms with E-state index >= 15 is 0 Å². The number of likely N-dealkylation sites (tertiary alicyclic amines) is 2. The van der Waals surface area contributed by atoms with Gasteiger partial charge in [-0.05, 0) is 51.9 Å². The molecule has 0 radical (unpaired) electrons. The van der Waals surface area contributed by atoms with Crippen LogP contribution in [0.15, 0.2) is 0 Å². The summed E-state index contributed by atoms with van der Waals surface area (Å²) in [5.74, 6) is 0.683. The minimum absolute atomic E-state index is 0.213. The van der Waals surface area contributed by atoms with Crippen LogP contribution in [0.1, 0.15) is 26.2 Å². The van der Waals surface area contributed by atoms with E-state index in [4.69, 9.17) is 0 Å². The predicted octanol–water partition coefficient (Wildman–Crippen LogP) is 0.373. The second-order valence-electron chi connectivity index (χ2n) is 6.20. The molecule has 0 bridgehead atoms. The van der Waals surface area contributed by atoms with Gasteiger partial charge in [-0.25, -0.2) is 0 Å². The normalized spacial score (nSPS) is 32.8. The molecule has 2 rings (SSSR count). The fourth-order valence-corrected chi connectivity index (χ4v) is 3.27. The zero-order chi connectivity index (χ0) is 13.0. The SMILES string of the molecule is CC1CN(C)CCC1NCC(O)CN1CCCC1. The van der Waals surface area contributed by atoms with Crippen LogP contribution in [0.2, 0.25) is 0 Å². The number of nitrogens with zero attached hydrogens (tertiary/aromatic N) is 2. The van der Waals surface area contributed by atoms with Crippen molar-refractivity contribution in [2.45, 2.75) is 38.3 Å². The van der Waals surface area contributed by atoms with Gasteiger partial charge in [0, 0.05) is 25.7 Å². The zero-order valence-electron chi connectivity index (χ0n) is 11.9. The van der Waals surface area contributed by atoms with Crippen LogP contribution < -0.4 is 5.32 Å². The summed E-state index contributed by atoms with van der Waals surface area (Å²) in [5.41, 5.74) is 0. The van der Waals surface area contributed by atoms with Gasteiger partial charge >= 0.3 is 0 Å². The molecule has 18 heavy (non-hydrogen) atoms. The highest BCUT2D eigenvalue weighted by atomic mass is 16.3. The Morgan fingerprint density at radius 3 is 2.67 bits per heavy atom. The molecule has 0 aliphatic carbocycles. The Hall–Kier alpha value is -0.160. The third-order valence-electron chi connectivity index (χ3n) is 4.39. The van der Waals surface area contributed by atoms with Crippen LogP contribution in [-0.2, 0) is 0 Å². The van der Waals surface area contributed by atoms with Gasteiger partial charge in [0.25, 0.3) is 0 Å². The summed E-state index contributed by atoms with van der Waals surface area (Å²) in [5, 5.41) is 13.6. The van der Waals surface area contributed by atoms with Gasteiger partial charge in [-0.1, -0.05) is 6.92 Å². The van der Waals surface area contributed by atoms with Crippen LogP contribution in [0, 0.1) is 5.92 Å². The highest BCUT2D eigenvalue weighted by Crippen LogP contribution is 2.15. The molecule has 0 spiro atoms. The molecule has 2 heterocycles. The molecular formula is C14H29N3O. The van der Waals surface area contributed by atoms with Gasteiger partial charge in [0.2, 0.25) is 0 Å². The third kappa shape index (κ3) is 4.19. The summed E-state index contributed by atoms with van der Waals surface area (Å²) in [4.78, 5) is 4.77. The Bertz CT molecular complexity index is 243. The number of hydrogen-bond donors (Lipinski definition) is 2. The van der Waals surface area contributed by atoms with Crippen molar-refractivity contribution in [1.29, 1.82) is 0 Å². The lowest BCUT2D eigenvalue weighted by molar-refractivity contribution is 0.107.